The van der Waals surface area contributed by atoms with E-state index in [1.165, 1.54) is 16.4 Å². The van der Waals surface area contributed by atoms with Crippen LogP contribution in [0, 0.1) is 11.7 Å². The maximum atomic E-state index is 15.5. The van der Waals surface area contributed by atoms with Gasteiger partial charge < -0.3 is 25.4 Å². The lowest BCUT2D eigenvalue weighted by molar-refractivity contribution is -0.118. The Morgan fingerprint density at radius 3 is 2.45 bits per heavy atom. The fraction of sp³-hybridized carbons (Fsp3) is 0.611. The zero-order valence-electron chi connectivity index (χ0n) is 28.7. The minimum atomic E-state index is -3.57. The van der Waals surface area contributed by atoms with Gasteiger partial charge in [0.05, 0.1) is 24.0 Å². The Labute approximate surface area is 294 Å². The number of amides is 2. The molecule has 1 aliphatic carbocycles. The number of hydrogen-bond donors (Lipinski definition) is 2. The Balaban J connectivity index is 1.34. The lowest BCUT2D eigenvalue weighted by atomic mass is 9.72. The molecule has 3 N–H and O–H groups in total. The first-order chi connectivity index (χ1) is 23.4. The molecule has 0 aromatic heterocycles. The average molecular weight is 721 g/mol. The zero-order valence-corrected chi connectivity index (χ0v) is 30.2. The number of ether oxygens (including phenoxy) is 2. The van der Waals surface area contributed by atoms with E-state index in [9.17, 15) is 18.0 Å². The van der Waals surface area contributed by atoms with Crippen molar-refractivity contribution in [3.05, 3.63) is 64.4 Å². The number of fused-ring (bicyclic) bond motifs is 2. The molecule has 2 aromatic rings. The van der Waals surface area contributed by atoms with Crippen LogP contribution >= 0.6 is 11.6 Å². The summed E-state index contributed by atoms with van der Waals surface area (Å²) in [6.45, 7) is 6.51. The van der Waals surface area contributed by atoms with Crippen molar-refractivity contribution in [3.8, 4) is 0 Å². The molecular formula is C36H50ClFN4O6S. The van der Waals surface area contributed by atoms with Crippen LogP contribution in [0.15, 0.2) is 42.5 Å². The van der Waals surface area contributed by atoms with Gasteiger partial charge in [-0.05, 0) is 108 Å². The van der Waals surface area contributed by atoms with E-state index in [0.717, 1.165) is 31.2 Å². The Bertz CT molecular complexity index is 1550. The summed E-state index contributed by atoms with van der Waals surface area (Å²) in [5.41, 5.74) is 8.23. The van der Waals surface area contributed by atoms with Crippen molar-refractivity contribution in [3.63, 3.8) is 0 Å². The van der Waals surface area contributed by atoms with Crippen molar-refractivity contribution in [2.24, 2.45) is 11.7 Å². The summed E-state index contributed by atoms with van der Waals surface area (Å²) in [7, 11) is -3.57. The third-order valence-electron chi connectivity index (χ3n) is 10.2. The molecule has 13 heteroatoms. The van der Waals surface area contributed by atoms with Crippen molar-refractivity contribution < 1.29 is 31.9 Å². The number of nitrogens with two attached hydrogens (primary N) is 1. The Morgan fingerprint density at radius 1 is 1.06 bits per heavy atom. The largest absolute Gasteiger partial charge is 0.447 e. The van der Waals surface area contributed by atoms with Crippen LogP contribution < -0.4 is 11.1 Å². The molecule has 0 spiro atoms. The second-order valence-corrected chi connectivity index (χ2v) is 16.3. The number of halogens is 2. The third kappa shape index (κ3) is 9.13. The molecular weight excluding hydrogens is 671 g/mol. The van der Waals surface area contributed by atoms with Gasteiger partial charge in [-0.25, -0.2) is 17.6 Å². The lowest BCUT2D eigenvalue weighted by Crippen LogP contribution is -2.60. The molecule has 3 fully saturated rings. The number of rotatable bonds is 11. The lowest BCUT2D eigenvalue weighted by Gasteiger charge is -2.43. The van der Waals surface area contributed by atoms with Gasteiger partial charge in [-0.3, -0.25) is 4.79 Å². The van der Waals surface area contributed by atoms with E-state index in [4.69, 9.17) is 26.8 Å². The molecule has 10 nitrogen and oxygen atoms in total. The SMILES string of the molecule is CCOC1CCC(C(c2ccc(Cl)cc2)C(N)C(=O)Nc2cccc(F)c2CCC2CN(C(=O)OC(C)C)C3CCCS(=O)(=O)N2C3)CC1. The summed E-state index contributed by atoms with van der Waals surface area (Å²) in [4.78, 5) is 28.6. The first-order valence-electron chi connectivity index (χ1n) is 17.6. The first-order valence-corrected chi connectivity index (χ1v) is 19.5. The molecule has 5 unspecified atom stereocenters. The number of nitrogens with zero attached hydrogens (tertiary/aromatic N) is 2. The van der Waals surface area contributed by atoms with Crippen molar-refractivity contribution in [2.45, 2.75) is 108 Å². The topological polar surface area (TPSA) is 131 Å². The molecule has 0 radical (unpaired) electrons. The molecule has 2 aromatic carbocycles. The molecule has 2 bridgehead atoms. The van der Waals surface area contributed by atoms with Gasteiger partial charge in [0.25, 0.3) is 0 Å². The molecule has 1 saturated carbocycles. The number of sulfonamides is 1. The molecule has 5 rings (SSSR count). The van der Waals surface area contributed by atoms with E-state index in [-0.39, 0.29) is 67.3 Å². The third-order valence-corrected chi connectivity index (χ3v) is 12.4. The van der Waals surface area contributed by atoms with Gasteiger partial charge in [-0.2, -0.15) is 4.31 Å². The molecule has 2 heterocycles. The first kappa shape index (κ1) is 37.5. The van der Waals surface area contributed by atoms with Crippen molar-refractivity contribution in [1.82, 2.24) is 9.21 Å². The normalized spacial score (nSPS) is 26.4. The summed E-state index contributed by atoms with van der Waals surface area (Å²) < 4.78 is 54.8. The number of nitrogens with one attached hydrogen (secondary N) is 1. The van der Waals surface area contributed by atoms with E-state index < -0.39 is 39.9 Å². The van der Waals surface area contributed by atoms with E-state index in [2.05, 4.69) is 5.32 Å². The van der Waals surface area contributed by atoms with Gasteiger partial charge in [0, 0.05) is 54.0 Å². The summed E-state index contributed by atoms with van der Waals surface area (Å²) in [6.07, 6.45) is 4.24. The molecule has 49 heavy (non-hydrogen) atoms. The van der Waals surface area contributed by atoms with Crippen molar-refractivity contribution in [1.29, 1.82) is 0 Å². The highest BCUT2D eigenvalue weighted by molar-refractivity contribution is 7.89. The van der Waals surface area contributed by atoms with E-state index >= 15 is 4.39 Å². The van der Waals surface area contributed by atoms with Gasteiger partial charge in [0.15, 0.2) is 0 Å². The Kier molecular flexibility index (Phi) is 12.6. The summed E-state index contributed by atoms with van der Waals surface area (Å²) >= 11 is 6.19. The molecule has 2 amide bonds. The summed E-state index contributed by atoms with van der Waals surface area (Å²) in [6, 6.07) is 10.1. The van der Waals surface area contributed by atoms with Crippen LogP contribution in [0.2, 0.25) is 5.02 Å². The highest BCUT2D eigenvalue weighted by atomic mass is 35.5. The fourth-order valence-electron chi connectivity index (χ4n) is 7.78. The van der Waals surface area contributed by atoms with Gasteiger partial charge >= 0.3 is 6.09 Å². The summed E-state index contributed by atoms with van der Waals surface area (Å²) in [5.74, 6) is -1.11. The fourth-order valence-corrected chi connectivity index (χ4v) is 9.70. The minimum Gasteiger partial charge on any atom is -0.447 e. The number of piperazine rings is 1. The average Bonchev–Trinajstić information content (AvgIpc) is 3.18. The van der Waals surface area contributed by atoms with Crippen LogP contribution in [0.1, 0.15) is 82.8 Å². The van der Waals surface area contributed by atoms with Crippen LogP contribution in [-0.2, 0) is 30.7 Å². The smallest absolute Gasteiger partial charge is 0.410 e. The quantitative estimate of drug-likeness (QED) is 0.288. The number of carbonyl (C=O) groups excluding carboxylic acids is 2. The highest BCUT2D eigenvalue weighted by Crippen LogP contribution is 2.39. The van der Waals surface area contributed by atoms with Crippen LogP contribution in [-0.4, -0.2) is 85.4 Å². The zero-order chi connectivity index (χ0) is 35.3. The van der Waals surface area contributed by atoms with Gasteiger partial charge in [-0.1, -0.05) is 29.8 Å². The monoisotopic (exact) mass is 720 g/mol. The number of benzene rings is 2. The second kappa shape index (κ2) is 16.5. The maximum absolute atomic E-state index is 15.5. The van der Waals surface area contributed by atoms with Crippen LogP contribution in [0.25, 0.3) is 0 Å². The van der Waals surface area contributed by atoms with E-state index in [1.807, 2.05) is 19.1 Å². The van der Waals surface area contributed by atoms with Gasteiger partial charge in [0.2, 0.25) is 15.9 Å². The van der Waals surface area contributed by atoms with Crippen LogP contribution in [0.3, 0.4) is 0 Å². The molecule has 270 valence electrons. The van der Waals surface area contributed by atoms with Crippen LogP contribution in [0.5, 0.6) is 0 Å². The molecule has 2 aliphatic heterocycles. The van der Waals surface area contributed by atoms with Crippen LogP contribution in [0.4, 0.5) is 14.9 Å². The molecule has 2 saturated heterocycles. The highest BCUT2D eigenvalue weighted by Gasteiger charge is 2.44. The Morgan fingerprint density at radius 2 is 1.78 bits per heavy atom. The van der Waals surface area contributed by atoms with E-state index in [1.54, 1.807) is 36.9 Å². The van der Waals surface area contributed by atoms with Gasteiger partial charge in [-0.15, -0.1) is 0 Å². The minimum absolute atomic E-state index is 0.00593. The Hall–Kier alpha value is -2.77. The maximum Gasteiger partial charge on any atom is 0.410 e. The number of hydrogen-bond acceptors (Lipinski definition) is 7. The van der Waals surface area contributed by atoms with E-state index in [0.29, 0.717) is 30.2 Å². The van der Waals surface area contributed by atoms with Crippen molar-refractivity contribution in [2.75, 3.05) is 30.8 Å². The number of anilines is 1. The molecule has 5 atom stereocenters. The summed E-state index contributed by atoms with van der Waals surface area (Å²) in [5, 5.41) is 3.51. The van der Waals surface area contributed by atoms with Gasteiger partial charge in [0.1, 0.15) is 5.82 Å². The second-order valence-electron chi connectivity index (χ2n) is 13.8. The number of carbonyl (C=O) groups is 2. The standard InChI is InChI=1S/C36H50ClFN4O6S/c1-4-47-29-17-12-25(13-18-29)33(24-10-14-26(37)15-11-24)34(39)35(43)40-32-9-5-8-31(38)30(32)19-16-28-21-41(36(44)48-23(2)3)27-7-6-20-49(45,46)42(28)22-27/h5,8-11,14-15,23,25,27-29,33-34H,4,6-7,12-13,16-22,39H2,1-3H3,(H,40,43). The predicted molar refractivity (Wildman–Crippen MR) is 189 cm³/mol. The van der Waals surface area contributed by atoms with Crippen molar-refractivity contribution >= 4 is 39.3 Å². The molecule has 3 aliphatic rings. The predicted octanol–water partition coefficient (Wildman–Crippen LogP) is 6.08.